The molecule has 150 valence electrons. The van der Waals surface area contributed by atoms with Crippen LogP contribution in [-0.2, 0) is 16.6 Å². The molecule has 9 heteroatoms. The average molecular weight is 411 g/mol. The Morgan fingerprint density at radius 3 is 2.52 bits per heavy atom. The highest BCUT2D eigenvalue weighted by Crippen LogP contribution is 2.29. The highest BCUT2D eigenvalue weighted by atomic mass is 32.2. The number of pyridine rings is 1. The Bertz CT molecular complexity index is 1240. The molecule has 3 heterocycles. The summed E-state index contributed by atoms with van der Waals surface area (Å²) >= 11 is 0. The summed E-state index contributed by atoms with van der Waals surface area (Å²) in [5.74, 6) is 0. The van der Waals surface area contributed by atoms with Gasteiger partial charge in [0.25, 0.3) is 0 Å². The van der Waals surface area contributed by atoms with Crippen LogP contribution in [0.5, 0.6) is 0 Å². The minimum Gasteiger partial charge on any atom is -0.342 e. The van der Waals surface area contributed by atoms with E-state index >= 15 is 0 Å². The lowest BCUT2D eigenvalue weighted by molar-refractivity contribution is 0.491. The van der Waals surface area contributed by atoms with Gasteiger partial charge in [0, 0.05) is 29.0 Å². The third-order valence-electron chi connectivity index (χ3n) is 4.31. The maximum Gasteiger partial charge on any atom is 0.241 e. The second-order valence-electron chi connectivity index (χ2n) is 7.90. The normalized spacial score (nSPS) is 12.5. The summed E-state index contributed by atoms with van der Waals surface area (Å²) in [7, 11) is -3.57. The fraction of sp³-hybridized carbons (Fsp3) is 0.250. The lowest BCUT2D eigenvalue weighted by atomic mass is 10.0. The van der Waals surface area contributed by atoms with Crippen LogP contribution in [0, 0.1) is 0 Å². The fourth-order valence-corrected chi connectivity index (χ4v) is 4.60. The predicted molar refractivity (Wildman–Crippen MR) is 111 cm³/mol. The van der Waals surface area contributed by atoms with Crippen molar-refractivity contribution >= 4 is 21.1 Å². The molecular formula is C20H22N6O2S. The smallest absolute Gasteiger partial charge is 0.241 e. The second kappa shape index (κ2) is 7.09. The molecule has 0 saturated carbocycles. The van der Waals surface area contributed by atoms with E-state index in [4.69, 9.17) is 0 Å². The molecule has 0 fully saturated rings. The van der Waals surface area contributed by atoms with E-state index in [-0.39, 0.29) is 4.90 Å². The molecule has 3 aromatic heterocycles. The first-order valence-corrected chi connectivity index (χ1v) is 10.6. The van der Waals surface area contributed by atoms with Crippen molar-refractivity contribution in [2.24, 2.45) is 0 Å². The highest BCUT2D eigenvalue weighted by Gasteiger charge is 2.22. The second-order valence-corrected chi connectivity index (χ2v) is 9.58. The quantitative estimate of drug-likeness (QED) is 0.526. The molecule has 2 N–H and O–H groups in total. The van der Waals surface area contributed by atoms with Gasteiger partial charge in [0.2, 0.25) is 10.0 Å². The molecule has 0 atom stereocenters. The van der Waals surface area contributed by atoms with Gasteiger partial charge in [-0.3, -0.25) is 0 Å². The minimum absolute atomic E-state index is 0.238. The molecule has 0 amide bonds. The number of benzene rings is 1. The van der Waals surface area contributed by atoms with Crippen LogP contribution in [-0.4, -0.2) is 38.9 Å². The van der Waals surface area contributed by atoms with Gasteiger partial charge in [0.1, 0.15) is 5.65 Å². The molecule has 29 heavy (non-hydrogen) atoms. The van der Waals surface area contributed by atoms with Crippen molar-refractivity contribution in [2.75, 3.05) is 0 Å². The molecule has 0 aliphatic carbocycles. The van der Waals surface area contributed by atoms with Crippen LogP contribution in [0.15, 0.2) is 59.9 Å². The summed E-state index contributed by atoms with van der Waals surface area (Å²) in [6, 6.07) is 10.8. The van der Waals surface area contributed by atoms with Crippen LogP contribution in [0.4, 0.5) is 0 Å². The number of rotatable bonds is 5. The van der Waals surface area contributed by atoms with E-state index in [9.17, 15) is 8.42 Å². The minimum atomic E-state index is -3.57. The highest BCUT2D eigenvalue weighted by molar-refractivity contribution is 7.89. The van der Waals surface area contributed by atoms with Crippen LogP contribution < -0.4 is 4.72 Å². The van der Waals surface area contributed by atoms with Gasteiger partial charge in [0.05, 0.1) is 17.6 Å². The van der Waals surface area contributed by atoms with E-state index in [0.29, 0.717) is 6.54 Å². The molecule has 0 aliphatic rings. The Labute approximate surface area is 169 Å². The monoisotopic (exact) mass is 410 g/mol. The topological polar surface area (TPSA) is 106 Å². The molecule has 0 aliphatic heterocycles. The zero-order chi connectivity index (χ0) is 20.6. The maximum absolute atomic E-state index is 12.5. The Morgan fingerprint density at radius 1 is 1.10 bits per heavy atom. The number of nitrogens with zero attached hydrogens (tertiary/aromatic N) is 4. The summed E-state index contributed by atoms with van der Waals surface area (Å²) < 4.78 is 29.4. The molecule has 0 unspecified atom stereocenters. The maximum atomic E-state index is 12.5. The Balaban J connectivity index is 1.67. The van der Waals surface area contributed by atoms with Crippen molar-refractivity contribution in [2.45, 2.75) is 37.8 Å². The molecule has 0 spiro atoms. The predicted octanol–water partition coefficient (Wildman–Crippen LogP) is 2.95. The molecular weight excluding hydrogens is 388 g/mol. The van der Waals surface area contributed by atoms with Crippen molar-refractivity contribution in [3.63, 3.8) is 0 Å². The molecule has 0 radical (unpaired) electrons. The van der Waals surface area contributed by atoms with Gasteiger partial charge in [0.15, 0.2) is 0 Å². The number of aromatic nitrogens is 5. The Kier molecular flexibility index (Phi) is 4.71. The number of hydrogen-bond acceptors (Lipinski definition) is 5. The van der Waals surface area contributed by atoms with Crippen LogP contribution in [0.3, 0.4) is 0 Å². The summed E-state index contributed by atoms with van der Waals surface area (Å²) in [6.45, 7) is 6.01. The third kappa shape index (κ3) is 4.20. The van der Waals surface area contributed by atoms with Crippen molar-refractivity contribution < 1.29 is 8.42 Å². The van der Waals surface area contributed by atoms with E-state index < -0.39 is 15.6 Å². The summed E-state index contributed by atoms with van der Waals surface area (Å²) in [5, 5.41) is 8.76. The molecule has 0 bridgehead atoms. The first kappa shape index (κ1) is 19.3. The van der Waals surface area contributed by atoms with Crippen molar-refractivity contribution in [3.05, 3.63) is 60.7 Å². The zero-order valence-corrected chi connectivity index (χ0v) is 17.2. The van der Waals surface area contributed by atoms with Crippen LogP contribution in [0.25, 0.3) is 22.2 Å². The van der Waals surface area contributed by atoms with Crippen molar-refractivity contribution in [1.29, 1.82) is 0 Å². The van der Waals surface area contributed by atoms with E-state index in [1.54, 1.807) is 35.4 Å². The molecule has 4 rings (SSSR count). The van der Waals surface area contributed by atoms with Crippen LogP contribution in [0.2, 0.25) is 0 Å². The van der Waals surface area contributed by atoms with Gasteiger partial charge in [-0.15, -0.1) is 5.10 Å². The standard InChI is InChI=1S/C20H22N6O2S/c1-20(2,3)24-29(27,28)16-6-4-14(5-7-16)17-8-9-21-19-18(17)12-15(23-19)13-26-11-10-22-25-26/h4-12,24H,13H2,1-3H3,(H,21,23). The van der Waals surface area contributed by atoms with Gasteiger partial charge in [-0.2, -0.15) is 0 Å². The number of sulfonamides is 1. The Morgan fingerprint density at radius 2 is 1.86 bits per heavy atom. The molecule has 0 saturated heterocycles. The molecule has 1 aromatic carbocycles. The van der Waals surface area contributed by atoms with E-state index in [0.717, 1.165) is 27.9 Å². The number of aromatic amines is 1. The van der Waals surface area contributed by atoms with E-state index in [1.165, 1.54) is 0 Å². The average Bonchev–Trinajstić information content (AvgIpc) is 3.29. The van der Waals surface area contributed by atoms with Gasteiger partial charge in [-0.1, -0.05) is 17.3 Å². The van der Waals surface area contributed by atoms with Gasteiger partial charge >= 0.3 is 0 Å². The fourth-order valence-electron chi connectivity index (χ4n) is 3.19. The zero-order valence-electron chi connectivity index (χ0n) is 16.4. The number of nitrogens with one attached hydrogen (secondary N) is 2. The van der Waals surface area contributed by atoms with Gasteiger partial charge in [-0.25, -0.2) is 22.8 Å². The summed E-state index contributed by atoms with van der Waals surface area (Å²) in [5.41, 5.74) is 3.07. The number of hydrogen-bond donors (Lipinski definition) is 2. The first-order chi connectivity index (χ1) is 13.7. The summed E-state index contributed by atoms with van der Waals surface area (Å²) in [6.07, 6.45) is 5.17. The van der Waals surface area contributed by atoms with E-state index in [1.807, 2.05) is 45.0 Å². The van der Waals surface area contributed by atoms with E-state index in [2.05, 4.69) is 25.0 Å². The molecule has 8 nitrogen and oxygen atoms in total. The summed E-state index contributed by atoms with van der Waals surface area (Å²) in [4.78, 5) is 7.95. The van der Waals surface area contributed by atoms with Crippen LogP contribution >= 0.6 is 0 Å². The third-order valence-corrected chi connectivity index (χ3v) is 6.08. The lowest BCUT2D eigenvalue weighted by Crippen LogP contribution is -2.40. The Hall–Kier alpha value is -3.04. The first-order valence-electron chi connectivity index (χ1n) is 9.16. The van der Waals surface area contributed by atoms with Crippen molar-refractivity contribution in [1.82, 2.24) is 29.7 Å². The van der Waals surface area contributed by atoms with Gasteiger partial charge < -0.3 is 4.98 Å². The van der Waals surface area contributed by atoms with Gasteiger partial charge in [-0.05, 0) is 56.2 Å². The number of H-pyrrole nitrogens is 1. The molecule has 4 aromatic rings. The van der Waals surface area contributed by atoms with Crippen molar-refractivity contribution in [3.8, 4) is 11.1 Å². The van der Waals surface area contributed by atoms with Crippen LogP contribution in [0.1, 0.15) is 26.5 Å². The number of fused-ring (bicyclic) bond motifs is 1. The lowest BCUT2D eigenvalue weighted by Gasteiger charge is -2.20. The SMILES string of the molecule is CC(C)(C)NS(=O)(=O)c1ccc(-c2ccnc3[nH]c(Cn4ccnn4)cc23)cc1. The largest absolute Gasteiger partial charge is 0.342 e.